The van der Waals surface area contributed by atoms with Gasteiger partial charge in [-0.2, -0.15) is 10.2 Å². The summed E-state index contributed by atoms with van der Waals surface area (Å²) in [6.45, 7) is 8.32. The van der Waals surface area contributed by atoms with E-state index in [1.54, 1.807) is 0 Å². The van der Waals surface area contributed by atoms with Gasteiger partial charge in [-0.1, -0.05) is 20.8 Å². The lowest BCUT2D eigenvalue weighted by Crippen LogP contribution is -2.59. The molecule has 0 aromatic carbocycles. The van der Waals surface area contributed by atoms with Crippen LogP contribution in [0.3, 0.4) is 0 Å². The van der Waals surface area contributed by atoms with Crippen molar-refractivity contribution in [2.24, 2.45) is 0 Å². The third kappa shape index (κ3) is 2.99. The first-order valence-corrected chi connectivity index (χ1v) is 10.1. The van der Waals surface area contributed by atoms with Gasteiger partial charge in [0.05, 0.1) is 17.4 Å². The van der Waals surface area contributed by atoms with Crippen LogP contribution in [-0.4, -0.2) is 51.0 Å². The van der Waals surface area contributed by atoms with Crippen LogP contribution in [0.25, 0.3) is 5.52 Å². The SMILES string of the molecule is CN(c1nccn2nc(C3CC3)cc12)C1CN(c2ccc(C(C)(C)C)nn2)C1. The first-order valence-electron chi connectivity index (χ1n) is 10.1. The van der Waals surface area contributed by atoms with Gasteiger partial charge in [0.2, 0.25) is 0 Å². The van der Waals surface area contributed by atoms with Crippen LogP contribution in [0.15, 0.2) is 30.6 Å². The van der Waals surface area contributed by atoms with Crippen molar-refractivity contribution >= 4 is 17.2 Å². The van der Waals surface area contributed by atoms with Crippen LogP contribution >= 0.6 is 0 Å². The van der Waals surface area contributed by atoms with E-state index in [1.807, 2.05) is 16.9 Å². The molecule has 0 atom stereocenters. The Hall–Kier alpha value is -2.70. The average Bonchev–Trinajstić information content (AvgIpc) is 3.38. The monoisotopic (exact) mass is 377 g/mol. The molecule has 5 rings (SSSR count). The highest BCUT2D eigenvalue weighted by Gasteiger charge is 2.33. The van der Waals surface area contributed by atoms with Gasteiger partial charge < -0.3 is 9.80 Å². The summed E-state index contributed by atoms with van der Waals surface area (Å²) in [4.78, 5) is 9.21. The molecule has 1 aliphatic heterocycles. The Kier molecular flexibility index (Phi) is 3.82. The number of aromatic nitrogens is 5. The van der Waals surface area contributed by atoms with E-state index in [2.05, 4.69) is 71.0 Å². The minimum Gasteiger partial charge on any atom is -0.351 e. The Balaban J connectivity index is 1.30. The van der Waals surface area contributed by atoms with Gasteiger partial charge in [0, 0.05) is 43.9 Å². The second-order valence-electron chi connectivity index (χ2n) is 9.12. The van der Waals surface area contributed by atoms with Crippen LogP contribution in [0.1, 0.15) is 50.9 Å². The molecule has 3 aromatic heterocycles. The molecule has 2 aliphatic rings. The zero-order valence-corrected chi connectivity index (χ0v) is 17.0. The molecule has 0 unspecified atom stereocenters. The Morgan fingerprint density at radius 1 is 1.11 bits per heavy atom. The molecule has 0 bridgehead atoms. The van der Waals surface area contributed by atoms with Gasteiger partial charge in [0.15, 0.2) is 11.6 Å². The second-order valence-corrected chi connectivity index (χ2v) is 9.12. The average molecular weight is 377 g/mol. The zero-order chi connectivity index (χ0) is 19.5. The maximum Gasteiger partial charge on any atom is 0.154 e. The molecule has 7 nitrogen and oxygen atoms in total. The Morgan fingerprint density at radius 3 is 2.54 bits per heavy atom. The van der Waals surface area contributed by atoms with Gasteiger partial charge in [-0.15, -0.1) is 5.10 Å². The van der Waals surface area contributed by atoms with Crippen LogP contribution in [0.4, 0.5) is 11.6 Å². The van der Waals surface area contributed by atoms with Crippen LogP contribution in [0, 0.1) is 0 Å². The standard InChI is InChI=1S/C21H27N7/c1-21(2,3)18-7-8-19(24-23-18)27-12-15(13-27)26(4)20-17-11-16(14-5-6-14)25-28(17)10-9-22-20/h7-11,14-15H,5-6,12-13H2,1-4H3. The smallest absolute Gasteiger partial charge is 0.154 e. The molecular weight excluding hydrogens is 350 g/mol. The number of nitrogens with zero attached hydrogens (tertiary/aromatic N) is 7. The molecule has 28 heavy (non-hydrogen) atoms. The number of likely N-dealkylation sites (N-methyl/N-ethyl adjacent to an activating group) is 1. The van der Waals surface area contributed by atoms with Gasteiger partial charge in [-0.3, -0.25) is 0 Å². The molecule has 0 spiro atoms. The summed E-state index contributed by atoms with van der Waals surface area (Å²) < 4.78 is 1.97. The molecule has 0 radical (unpaired) electrons. The summed E-state index contributed by atoms with van der Waals surface area (Å²) in [5, 5.41) is 13.6. The van der Waals surface area contributed by atoms with Crippen molar-refractivity contribution in [3.8, 4) is 0 Å². The second kappa shape index (κ2) is 6.15. The lowest BCUT2D eigenvalue weighted by atomic mass is 9.92. The molecule has 2 fully saturated rings. The van der Waals surface area contributed by atoms with E-state index < -0.39 is 0 Å². The summed E-state index contributed by atoms with van der Waals surface area (Å²) in [6, 6.07) is 6.79. The predicted molar refractivity (Wildman–Crippen MR) is 110 cm³/mol. The lowest BCUT2D eigenvalue weighted by Gasteiger charge is -2.44. The fraction of sp³-hybridized carbons (Fsp3) is 0.524. The molecule has 1 aliphatic carbocycles. The first-order chi connectivity index (χ1) is 13.4. The van der Waals surface area contributed by atoms with E-state index in [0.29, 0.717) is 12.0 Å². The van der Waals surface area contributed by atoms with E-state index in [1.165, 1.54) is 18.5 Å². The fourth-order valence-electron chi connectivity index (χ4n) is 3.73. The Bertz CT molecular complexity index is 992. The van der Waals surface area contributed by atoms with E-state index in [9.17, 15) is 0 Å². The van der Waals surface area contributed by atoms with E-state index in [-0.39, 0.29) is 5.41 Å². The van der Waals surface area contributed by atoms with Crippen LogP contribution < -0.4 is 9.80 Å². The van der Waals surface area contributed by atoms with Crippen LogP contribution in [0.2, 0.25) is 0 Å². The van der Waals surface area contributed by atoms with Crippen LogP contribution in [0.5, 0.6) is 0 Å². The first kappa shape index (κ1) is 17.4. The number of hydrogen-bond donors (Lipinski definition) is 0. The fourth-order valence-corrected chi connectivity index (χ4v) is 3.73. The summed E-state index contributed by atoms with van der Waals surface area (Å²) in [5.74, 6) is 2.59. The molecule has 1 saturated carbocycles. The highest BCUT2D eigenvalue weighted by atomic mass is 15.4. The van der Waals surface area contributed by atoms with Crippen molar-refractivity contribution in [3.63, 3.8) is 0 Å². The Morgan fingerprint density at radius 2 is 1.89 bits per heavy atom. The van der Waals surface area contributed by atoms with Crippen molar-refractivity contribution in [1.82, 2.24) is 24.8 Å². The molecule has 1 saturated heterocycles. The summed E-state index contributed by atoms with van der Waals surface area (Å²) in [6.07, 6.45) is 6.30. The number of anilines is 2. The molecular formula is C21H27N7. The molecule has 0 amide bonds. The van der Waals surface area contributed by atoms with E-state index in [4.69, 9.17) is 5.10 Å². The summed E-state index contributed by atoms with van der Waals surface area (Å²) in [7, 11) is 2.13. The number of hydrogen-bond acceptors (Lipinski definition) is 6. The molecule has 146 valence electrons. The summed E-state index contributed by atoms with van der Waals surface area (Å²) in [5.41, 5.74) is 3.35. The van der Waals surface area contributed by atoms with E-state index >= 15 is 0 Å². The largest absolute Gasteiger partial charge is 0.351 e. The molecule has 3 aromatic rings. The molecule has 0 N–H and O–H groups in total. The topological polar surface area (TPSA) is 62.5 Å². The minimum absolute atomic E-state index is 0.0259. The maximum atomic E-state index is 4.73. The maximum absolute atomic E-state index is 4.73. The molecule has 4 heterocycles. The number of fused-ring (bicyclic) bond motifs is 1. The molecule has 7 heteroatoms. The van der Waals surface area contributed by atoms with Crippen LogP contribution in [-0.2, 0) is 5.41 Å². The third-order valence-corrected chi connectivity index (χ3v) is 5.87. The highest BCUT2D eigenvalue weighted by Crippen LogP contribution is 2.40. The van der Waals surface area contributed by atoms with Gasteiger partial charge in [-0.25, -0.2) is 9.50 Å². The Labute approximate surface area is 165 Å². The van der Waals surface area contributed by atoms with Crippen molar-refractivity contribution in [3.05, 3.63) is 42.0 Å². The highest BCUT2D eigenvalue weighted by molar-refractivity contribution is 5.70. The third-order valence-electron chi connectivity index (χ3n) is 5.87. The normalized spacial score (nSPS) is 17.8. The van der Waals surface area contributed by atoms with E-state index in [0.717, 1.165) is 35.9 Å². The van der Waals surface area contributed by atoms with Gasteiger partial charge in [0.1, 0.15) is 5.52 Å². The lowest BCUT2D eigenvalue weighted by molar-refractivity contribution is 0.485. The minimum atomic E-state index is 0.0259. The van der Waals surface area contributed by atoms with Crippen molar-refractivity contribution in [1.29, 1.82) is 0 Å². The van der Waals surface area contributed by atoms with Gasteiger partial charge >= 0.3 is 0 Å². The number of rotatable bonds is 4. The van der Waals surface area contributed by atoms with Crippen molar-refractivity contribution < 1.29 is 0 Å². The predicted octanol–water partition coefficient (Wildman–Crippen LogP) is 3.02. The summed E-state index contributed by atoms with van der Waals surface area (Å²) >= 11 is 0. The van der Waals surface area contributed by atoms with Gasteiger partial charge in [-0.05, 0) is 31.0 Å². The quantitative estimate of drug-likeness (QED) is 0.696. The van der Waals surface area contributed by atoms with Crippen molar-refractivity contribution in [2.75, 3.05) is 29.9 Å². The van der Waals surface area contributed by atoms with Crippen molar-refractivity contribution in [2.45, 2.75) is 51.0 Å². The zero-order valence-electron chi connectivity index (χ0n) is 17.0. The van der Waals surface area contributed by atoms with Gasteiger partial charge in [0.25, 0.3) is 0 Å².